The van der Waals surface area contributed by atoms with E-state index >= 15 is 0 Å². The van der Waals surface area contributed by atoms with Gasteiger partial charge in [-0.1, -0.05) is 38.1 Å². The standard InChI is InChI=1S/C21H23N5O2S/c1-15(2)20(27)24-10-12-25(13-11-24)21(28)18-22-19(17-9-6-14-29-17)26(23-18)16-7-4-3-5-8-16/h3-9,14-15H,10-13H2,1-2H3. The molecule has 0 atom stereocenters. The van der Waals surface area contributed by atoms with E-state index in [1.165, 1.54) is 0 Å². The Bertz CT molecular complexity index is 990. The molecule has 4 rings (SSSR count). The molecule has 0 radical (unpaired) electrons. The van der Waals surface area contributed by atoms with E-state index in [0.717, 1.165) is 10.6 Å². The van der Waals surface area contributed by atoms with Gasteiger partial charge in [0.2, 0.25) is 11.7 Å². The highest BCUT2D eigenvalue weighted by Crippen LogP contribution is 2.26. The number of rotatable bonds is 4. The minimum absolute atomic E-state index is 0.0335. The monoisotopic (exact) mass is 409 g/mol. The van der Waals surface area contributed by atoms with Crippen LogP contribution in [0.4, 0.5) is 0 Å². The van der Waals surface area contributed by atoms with Gasteiger partial charge >= 0.3 is 0 Å². The lowest BCUT2D eigenvalue weighted by molar-refractivity contribution is -0.135. The van der Waals surface area contributed by atoms with Crippen LogP contribution >= 0.6 is 11.3 Å². The third-order valence-corrected chi connectivity index (χ3v) is 5.78. The normalized spacial score (nSPS) is 14.4. The van der Waals surface area contributed by atoms with E-state index in [1.54, 1.807) is 20.9 Å². The van der Waals surface area contributed by atoms with Crippen LogP contribution in [0.25, 0.3) is 16.4 Å². The van der Waals surface area contributed by atoms with Gasteiger partial charge in [-0.05, 0) is 23.6 Å². The first-order chi connectivity index (χ1) is 14.0. The maximum absolute atomic E-state index is 13.1. The van der Waals surface area contributed by atoms with Crippen LogP contribution in [0.3, 0.4) is 0 Å². The van der Waals surface area contributed by atoms with Crippen molar-refractivity contribution in [1.82, 2.24) is 24.6 Å². The molecule has 8 heteroatoms. The van der Waals surface area contributed by atoms with Crippen LogP contribution < -0.4 is 0 Å². The van der Waals surface area contributed by atoms with Gasteiger partial charge in [0.15, 0.2) is 5.82 Å². The van der Waals surface area contributed by atoms with E-state index < -0.39 is 0 Å². The summed E-state index contributed by atoms with van der Waals surface area (Å²) in [6, 6.07) is 13.6. The average Bonchev–Trinajstić information content (AvgIpc) is 3.43. The zero-order chi connectivity index (χ0) is 20.4. The van der Waals surface area contributed by atoms with Crippen LogP contribution in [-0.4, -0.2) is 62.6 Å². The Hall–Kier alpha value is -3.00. The van der Waals surface area contributed by atoms with Crippen LogP contribution in [0.15, 0.2) is 47.8 Å². The first kappa shape index (κ1) is 19.3. The van der Waals surface area contributed by atoms with Gasteiger partial charge in [0.1, 0.15) is 0 Å². The summed E-state index contributed by atoms with van der Waals surface area (Å²) in [4.78, 5) is 34.3. The zero-order valence-electron chi connectivity index (χ0n) is 16.5. The molecule has 1 aliphatic heterocycles. The van der Waals surface area contributed by atoms with Gasteiger partial charge in [0, 0.05) is 32.1 Å². The Morgan fingerprint density at radius 2 is 1.66 bits per heavy atom. The second-order valence-corrected chi connectivity index (χ2v) is 8.20. The summed E-state index contributed by atoms with van der Waals surface area (Å²) < 4.78 is 1.72. The van der Waals surface area contributed by atoms with Crippen molar-refractivity contribution in [3.63, 3.8) is 0 Å². The van der Waals surface area contributed by atoms with Crippen molar-refractivity contribution < 1.29 is 9.59 Å². The van der Waals surface area contributed by atoms with Crippen molar-refractivity contribution in [2.45, 2.75) is 13.8 Å². The highest BCUT2D eigenvalue weighted by atomic mass is 32.1. The molecule has 1 aliphatic rings. The van der Waals surface area contributed by atoms with E-state index in [0.29, 0.717) is 32.0 Å². The lowest BCUT2D eigenvalue weighted by atomic mass is 10.1. The van der Waals surface area contributed by atoms with Gasteiger partial charge in [-0.3, -0.25) is 9.59 Å². The first-order valence-corrected chi connectivity index (χ1v) is 10.6. The lowest BCUT2D eigenvalue weighted by Crippen LogP contribution is -2.51. The second kappa shape index (κ2) is 8.16. The van der Waals surface area contributed by atoms with E-state index in [2.05, 4.69) is 10.1 Å². The number of amides is 2. The summed E-state index contributed by atoms with van der Waals surface area (Å²) in [6.07, 6.45) is 0. The summed E-state index contributed by atoms with van der Waals surface area (Å²) >= 11 is 1.56. The van der Waals surface area contributed by atoms with Gasteiger partial charge in [0.25, 0.3) is 5.91 Å². The average molecular weight is 410 g/mol. The molecule has 1 saturated heterocycles. The molecule has 3 heterocycles. The van der Waals surface area contributed by atoms with Gasteiger partial charge in [-0.25, -0.2) is 9.67 Å². The Morgan fingerprint density at radius 3 is 2.28 bits per heavy atom. The number of piperazine rings is 1. The number of benzene rings is 1. The van der Waals surface area contributed by atoms with Gasteiger partial charge in [-0.15, -0.1) is 16.4 Å². The summed E-state index contributed by atoms with van der Waals surface area (Å²) in [5, 5.41) is 6.51. The highest BCUT2D eigenvalue weighted by molar-refractivity contribution is 7.13. The molecule has 2 aromatic heterocycles. The highest BCUT2D eigenvalue weighted by Gasteiger charge is 2.29. The Balaban J connectivity index is 1.58. The number of nitrogens with zero attached hydrogens (tertiary/aromatic N) is 5. The van der Waals surface area contributed by atoms with Crippen LogP contribution in [-0.2, 0) is 4.79 Å². The lowest BCUT2D eigenvalue weighted by Gasteiger charge is -2.35. The molecule has 0 aliphatic carbocycles. The number of para-hydroxylation sites is 1. The van der Waals surface area contributed by atoms with Gasteiger partial charge in [-0.2, -0.15) is 0 Å². The van der Waals surface area contributed by atoms with Crippen LogP contribution in [0, 0.1) is 5.92 Å². The van der Waals surface area contributed by atoms with E-state index in [9.17, 15) is 9.59 Å². The molecule has 0 spiro atoms. The van der Waals surface area contributed by atoms with E-state index in [1.807, 2.05) is 66.6 Å². The predicted octanol–water partition coefficient (Wildman–Crippen LogP) is 2.94. The molecular formula is C21H23N5O2S. The first-order valence-electron chi connectivity index (χ1n) is 9.69. The minimum Gasteiger partial charge on any atom is -0.339 e. The van der Waals surface area contributed by atoms with E-state index in [-0.39, 0.29) is 23.6 Å². The largest absolute Gasteiger partial charge is 0.339 e. The number of hydrogen-bond donors (Lipinski definition) is 0. The Labute approximate surface area is 173 Å². The molecular weight excluding hydrogens is 386 g/mol. The number of hydrogen-bond acceptors (Lipinski definition) is 5. The smallest absolute Gasteiger partial charge is 0.293 e. The maximum atomic E-state index is 13.1. The Kier molecular flexibility index (Phi) is 5.44. The quantitative estimate of drug-likeness (QED) is 0.664. The summed E-state index contributed by atoms with van der Waals surface area (Å²) in [5.74, 6) is 0.732. The van der Waals surface area contributed by atoms with Gasteiger partial charge in [0.05, 0.1) is 10.6 Å². The molecule has 150 valence electrons. The van der Waals surface area contributed by atoms with Crippen LogP contribution in [0.1, 0.15) is 24.5 Å². The fourth-order valence-electron chi connectivity index (χ4n) is 3.35. The molecule has 0 N–H and O–H groups in total. The van der Waals surface area contributed by atoms with Crippen molar-refractivity contribution in [3.05, 3.63) is 53.7 Å². The summed E-state index contributed by atoms with van der Waals surface area (Å²) in [7, 11) is 0. The Morgan fingerprint density at radius 1 is 0.966 bits per heavy atom. The maximum Gasteiger partial charge on any atom is 0.293 e. The van der Waals surface area contributed by atoms with Crippen molar-refractivity contribution in [2.75, 3.05) is 26.2 Å². The third kappa shape index (κ3) is 3.93. The summed E-state index contributed by atoms with van der Waals surface area (Å²) in [6.45, 7) is 5.86. The number of carbonyl (C=O) groups is 2. The number of carbonyl (C=O) groups excluding carboxylic acids is 2. The van der Waals surface area contributed by atoms with Crippen molar-refractivity contribution in [2.24, 2.45) is 5.92 Å². The molecule has 1 fully saturated rings. The minimum atomic E-state index is -0.200. The van der Waals surface area contributed by atoms with Crippen LogP contribution in [0.5, 0.6) is 0 Å². The predicted molar refractivity (Wildman–Crippen MR) is 112 cm³/mol. The van der Waals surface area contributed by atoms with Gasteiger partial charge < -0.3 is 9.80 Å². The van der Waals surface area contributed by atoms with Crippen molar-refractivity contribution in [1.29, 1.82) is 0 Å². The fraction of sp³-hybridized carbons (Fsp3) is 0.333. The number of aromatic nitrogens is 3. The second-order valence-electron chi connectivity index (χ2n) is 7.26. The van der Waals surface area contributed by atoms with E-state index in [4.69, 9.17) is 0 Å². The number of thiophene rings is 1. The fourth-order valence-corrected chi connectivity index (χ4v) is 4.05. The zero-order valence-corrected chi connectivity index (χ0v) is 17.3. The topological polar surface area (TPSA) is 71.3 Å². The molecule has 0 bridgehead atoms. The SMILES string of the molecule is CC(C)C(=O)N1CCN(C(=O)c2nc(-c3cccs3)n(-c3ccccc3)n2)CC1. The van der Waals surface area contributed by atoms with Crippen molar-refractivity contribution in [3.8, 4) is 16.4 Å². The molecule has 3 aromatic rings. The van der Waals surface area contributed by atoms with Crippen LogP contribution in [0.2, 0.25) is 0 Å². The third-order valence-electron chi connectivity index (χ3n) is 4.91. The summed E-state index contributed by atoms with van der Waals surface area (Å²) in [5.41, 5.74) is 0.856. The molecule has 29 heavy (non-hydrogen) atoms. The molecule has 0 unspecified atom stereocenters. The molecule has 1 aromatic carbocycles. The molecule has 7 nitrogen and oxygen atoms in total. The molecule has 2 amide bonds. The molecule has 0 saturated carbocycles. The van der Waals surface area contributed by atoms with Crippen molar-refractivity contribution >= 4 is 23.2 Å².